The number of imidazole rings is 1. The van der Waals surface area contributed by atoms with Crippen LogP contribution < -0.4 is 10.6 Å². The molecule has 3 heterocycles. The van der Waals surface area contributed by atoms with Crippen molar-refractivity contribution in [1.29, 1.82) is 0 Å². The van der Waals surface area contributed by atoms with Gasteiger partial charge in [-0.3, -0.25) is 5.32 Å². The van der Waals surface area contributed by atoms with E-state index in [0.717, 1.165) is 28.9 Å². The van der Waals surface area contributed by atoms with E-state index in [1.165, 1.54) is 11.3 Å². The number of carbonyl (C=O) groups excluding carboxylic acids is 1. The van der Waals surface area contributed by atoms with E-state index in [2.05, 4.69) is 30.6 Å². The molecule has 0 radical (unpaired) electrons. The molecule has 0 saturated carbocycles. The molecule has 0 saturated heterocycles. The van der Waals surface area contributed by atoms with Crippen molar-refractivity contribution in [3.63, 3.8) is 0 Å². The van der Waals surface area contributed by atoms with Gasteiger partial charge in [0.1, 0.15) is 11.6 Å². The number of nitrogens with zero attached hydrogens (tertiary/aromatic N) is 3. The third-order valence-corrected chi connectivity index (χ3v) is 7.26. The fourth-order valence-corrected chi connectivity index (χ4v) is 5.19. The molecule has 0 aliphatic rings. The first-order valence-corrected chi connectivity index (χ1v) is 13.3. The molecule has 0 fully saturated rings. The molecular weight excluding hydrogens is 476 g/mol. The van der Waals surface area contributed by atoms with Crippen molar-refractivity contribution in [1.82, 2.24) is 25.3 Å². The second-order valence-corrected chi connectivity index (χ2v) is 10.5. The van der Waals surface area contributed by atoms with Crippen molar-refractivity contribution in [3.05, 3.63) is 54.1 Å². The molecule has 0 aliphatic carbocycles. The van der Waals surface area contributed by atoms with Gasteiger partial charge in [-0.25, -0.2) is 28.2 Å². The third kappa shape index (κ3) is 5.34. The van der Waals surface area contributed by atoms with Gasteiger partial charge in [-0.2, -0.15) is 0 Å². The average Bonchev–Trinajstić information content (AvgIpc) is 3.54. The molecular formula is C22H24N6O4S2. The average molecular weight is 501 g/mol. The summed E-state index contributed by atoms with van der Waals surface area (Å²) in [6.07, 6.45) is 7.31. The van der Waals surface area contributed by atoms with E-state index in [0.29, 0.717) is 41.1 Å². The first-order valence-electron chi connectivity index (χ1n) is 10.5. The molecule has 3 N–H and O–H groups in total. The smallest absolute Gasteiger partial charge is 0.321 e. The number of H-pyrrole nitrogens is 1. The lowest BCUT2D eigenvalue weighted by Crippen LogP contribution is -2.30. The molecule has 1 aromatic carbocycles. The number of urea groups is 1. The van der Waals surface area contributed by atoms with Gasteiger partial charge in [-0.15, -0.1) is 0 Å². The van der Waals surface area contributed by atoms with Crippen LogP contribution in [0.4, 0.5) is 9.93 Å². The maximum atomic E-state index is 12.3. The summed E-state index contributed by atoms with van der Waals surface area (Å²) in [4.78, 5) is 29.1. The number of oxazole rings is 1. The standard InChI is InChI=1S/C22H24N6O4S2/c1-4-15-12-26-18(32-15)7-8-25-21(29)28-22-27-13(2)19(33-22)14-5-6-17(34(3,30)31)16(11-14)20-23-9-10-24-20/h5-6,9-12H,4,7-8H2,1-3H3,(H,23,24)(H2,25,27,28,29). The van der Waals surface area contributed by atoms with E-state index in [4.69, 9.17) is 4.42 Å². The van der Waals surface area contributed by atoms with Crippen LogP contribution in [0.25, 0.3) is 21.8 Å². The number of hydrogen-bond donors (Lipinski definition) is 3. The highest BCUT2D eigenvalue weighted by molar-refractivity contribution is 7.90. The van der Waals surface area contributed by atoms with Gasteiger partial charge in [-0.05, 0) is 24.6 Å². The number of aryl methyl sites for hydroxylation is 2. The summed E-state index contributed by atoms with van der Waals surface area (Å²) in [6.45, 7) is 4.18. The number of aromatic nitrogens is 4. The molecule has 0 unspecified atom stereocenters. The minimum Gasteiger partial charge on any atom is -0.446 e. The summed E-state index contributed by atoms with van der Waals surface area (Å²) >= 11 is 1.30. The highest BCUT2D eigenvalue weighted by Crippen LogP contribution is 2.36. The largest absolute Gasteiger partial charge is 0.446 e. The maximum absolute atomic E-state index is 12.3. The molecule has 12 heteroatoms. The van der Waals surface area contributed by atoms with E-state index in [9.17, 15) is 13.2 Å². The van der Waals surface area contributed by atoms with E-state index in [1.807, 2.05) is 13.8 Å². The molecule has 178 valence electrons. The van der Waals surface area contributed by atoms with E-state index in [1.54, 1.807) is 36.8 Å². The molecule has 4 aromatic rings. The lowest BCUT2D eigenvalue weighted by Gasteiger charge is -2.08. The van der Waals surface area contributed by atoms with Crippen molar-refractivity contribution < 1.29 is 17.6 Å². The molecule has 34 heavy (non-hydrogen) atoms. The van der Waals surface area contributed by atoms with Crippen LogP contribution in [0.2, 0.25) is 0 Å². The second-order valence-electron chi connectivity index (χ2n) is 7.56. The lowest BCUT2D eigenvalue weighted by molar-refractivity contribution is 0.252. The molecule has 0 atom stereocenters. The van der Waals surface area contributed by atoms with Crippen molar-refractivity contribution in [2.24, 2.45) is 0 Å². The molecule has 4 rings (SSSR count). The van der Waals surface area contributed by atoms with Crippen LogP contribution >= 0.6 is 11.3 Å². The first kappa shape index (κ1) is 23.6. The zero-order chi connectivity index (χ0) is 24.3. The number of benzene rings is 1. The SMILES string of the molecule is CCc1cnc(CCNC(=O)Nc2nc(C)c(-c3ccc(S(C)(=O)=O)c(-c4ncc[nH]4)c3)s2)o1. The minimum absolute atomic E-state index is 0.184. The second kappa shape index (κ2) is 9.77. The third-order valence-electron chi connectivity index (χ3n) is 4.99. The van der Waals surface area contributed by atoms with Gasteiger partial charge < -0.3 is 14.7 Å². The van der Waals surface area contributed by atoms with Gasteiger partial charge >= 0.3 is 6.03 Å². The number of amides is 2. The Labute approximate surface area is 200 Å². The number of nitrogens with one attached hydrogen (secondary N) is 3. The highest BCUT2D eigenvalue weighted by atomic mass is 32.2. The summed E-state index contributed by atoms with van der Waals surface area (Å²) < 4.78 is 30.1. The van der Waals surface area contributed by atoms with Gasteiger partial charge in [-0.1, -0.05) is 24.3 Å². The molecule has 3 aromatic heterocycles. The van der Waals surface area contributed by atoms with Gasteiger partial charge in [0.15, 0.2) is 20.9 Å². The Morgan fingerprint density at radius 3 is 2.76 bits per heavy atom. The van der Waals surface area contributed by atoms with Crippen molar-refractivity contribution in [2.45, 2.75) is 31.6 Å². The van der Waals surface area contributed by atoms with Crippen LogP contribution in [-0.2, 0) is 22.7 Å². The topological polar surface area (TPSA) is 143 Å². The monoisotopic (exact) mass is 500 g/mol. The highest BCUT2D eigenvalue weighted by Gasteiger charge is 2.19. The predicted molar refractivity (Wildman–Crippen MR) is 130 cm³/mol. The summed E-state index contributed by atoms with van der Waals surface area (Å²) in [5, 5.41) is 5.94. The number of carbonyl (C=O) groups is 1. The Morgan fingerprint density at radius 2 is 2.09 bits per heavy atom. The van der Waals surface area contributed by atoms with Crippen LogP contribution in [0, 0.1) is 6.92 Å². The van der Waals surface area contributed by atoms with Crippen molar-refractivity contribution in [3.8, 4) is 21.8 Å². The van der Waals surface area contributed by atoms with Gasteiger partial charge in [0.2, 0.25) is 0 Å². The summed E-state index contributed by atoms with van der Waals surface area (Å²) in [6, 6.07) is 4.68. The van der Waals surface area contributed by atoms with Gasteiger partial charge in [0.05, 0.1) is 21.7 Å². The van der Waals surface area contributed by atoms with E-state index in [-0.39, 0.29) is 10.9 Å². The maximum Gasteiger partial charge on any atom is 0.321 e. The van der Waals surface area contributed by atoms with Crippen LogP contribution in [0.1, 0.15) is 24.3 Å². The van der Waals surface area contributed by atoms with Crippen LogP contribution in [0.15, 0.2) is 46.1 Å². The van der Waals surface area contributed by atoms with Crippen LogP contribution in [0.3, 0.4) is 0 Å². The Bertz CT molecular complexity index is 1410. The Hall–Kier alpha value is -3.51. The lowest BCUT2D eigenvalue weighted by atomic mass is 10.1. The fourth-order valence-electron chi connectivity index (χ4n) is 3.36. The van der Waals surface area contributed by atoms with E-state index >= 15 is 0 Å². The summed E-state index contributed by atoms with van der Waals surface area (Å²) in [7, 11) is -3.46. The molecule has 0 aliphatic heterocycles. The van der Waals surface area contributed by atoms with Crippen LogP contribution in [0.5, 0.6) is 0 Å². The Balaban J connectivity index is 1.48. The quantitative estimate of drug-likeness (QED) is 0.334. The predicted octanol–water partition coefficient (Wildman–Crippen LogP) is 3.83. The van der Waals surface area contributed by atoms with Gasteiger partial charge in [0.25, 0.3) is 0 Å². The van der Waals surface area contributed by atoms with E-state index < -0.39 is 9.84 Å². The minimum atomic E-state index is -3.46. The Morgan fingerprint density at radius 1 is 1.26 bits per heavy atom. The van der Waals surface area contributed by atoms with Gasteiger partial charge in [0, 0.05) is 43.6 Å². The number of aromatic amines is 1. The molecule has 0 bridgehead atoms. The molecule has 10 nitrogen and oxygen atoms in total. The summed E-state index contributed by atoms with van der Waals surface area (Å²) in [5.41, 5.74) is 1.96. The number of anilines is 1. The normalized spacial score (nSPS) is 11.5. The number of sulfone groups is 1. The fraction of sp³-hybridized carbons (Fsp3) is 0.273. The zero-order valence-corrected chi connectivity index (χ0v) is 20.5. The molecule has 2 amide bonds. The number of hydrogen-bond acceptors (Lipinski definition) is 8. The van der Waals surface area contributed by atoms with Crippen molar-refractivity contribution >= 4 is 32.3 Å². The summed E-state index contributed by atoms with van der Waals surface area (Å²) in [5.74, 6) is 1.85. The molecule has 0 spiro atoms. The number of thiazole rings is 1. The Kier molecular flexibility index (Phi) is 6.80. The zero-order valence-electron chi connectivity index (χ0n) is 18.9. The number of rotatable bonds is 8. The van der Waals surface area contributed by atoms with Crippen molar-refractivity contribution in [2.75, 3.05) is 18.1 Å². The first-order chi connectivity index (χ1) is 16.2. The van der Waals surface area contributed by atoms with Crippen LogP contribution in [-0.4, -0.2) is 47.2 Å².